The minimum atomic E-state index is 0.859. The Balaban J connectivity index is 1.01. The van der Waals surface area contributed by atoms with Crippen LogP contribution in [0, 0.1) is 0 Å². The van der Waals surface area contributed by atoms with Crippen LogP contribution < -0.4 is 4.90 Å². The van der Waals surface area contributed by atoms with E-state index >= 15 is 0 Å². The molecule has 0 atom stereocenters. The number of para-hydroxylation sites is 2. The zero-order chi connectivity index (χ0) is 36.7. The van der Waals surface area contributed by atoms with Crippen molar-refractivity contribution in [2.75, 3.05) is 4.90 Å². The van der Waals surface area contributed by atoms with E-state index in [1.807, 2.05) is 23.5 Å². The highest BCUT2D eigenvalue weighted by molar-refractivity contribution is 7.25. The molecule has 12 rings (SSSR count). The van der Waals surface area contributed by atoms with E-state index in [-0.39, 0.29) is 0 Å². The molecule has 0 aliphatic rings. The van der Waals surface area contributed by atoms with E-state index in [1.54, 1.807) is 0 Å². The second-order valence-corrected chi connectivity index (χ2v) is 15.5. The van der Waals surface area contributed by atoms with E-state index in [0.717, 1.165) is 77.5 Å². The van der Waals surface area contributed by atoms with E-state index in [4.69, 9.17) is 8.83 Å². The summed E-state index contributed by atoms with van der Waals surface area (Å²) in [4.78, 5) is 2.32. The van der Waals surface area contributed by atoms with Crippen LogP contribution >= 0.6 is 11.3 Å². The molecule has 0 saturated carbocycles. The molecule has 0 saturated heterocycles. The number of thiophene rings is 1. The molecule has 0 spiro atoms. The first-order valence-electron chi connectivity index (χ1n) is 18.9. The fourth-order valence-electron chi connectivity index (χ4n) is 8.73. The zero-order valence-electron chi connectivity index (χ0n) is 30.1. The Labute approximate surface area is 325 Å². The molecule has 0 aliphatic heterocycles. The van der Waals surface area contributed by atoms with Crippen LogP contribution in [0.4, 0.5) is 17.1 Å². The van der Waals surface area contributed by atoms with Gasteiger partial charge in [0.15, 0.2) is 5.58 Å². The third-order valence-electron chi connectivity index (χ3n) is 11.3. The van der Waals surface area contributed by atoms with Gasteiger partial charge in [0.2, 0.25) is 0 Å². The maximum absolute atomic E-state index is 6.63. The maximum atomic E-state index is 6.63. The fraction of sp³-hybridized carbons (Fsp3) is 0. The van der Waals surface area contributed by atoms with Crippen LogP contribution in [0.25, 0.3) is 97.1 Å². The van der Waals surface area contributed by atoms with Gasteiger partial charge in [0.1, 0.15) is 16.7 Å². The lowest BCUT2D eigenvalue weighted by Crippen LogP contribution is -2.10. The Morgan fingerprint density at radius 1 is 0.357 bits per heavy atom. The Hall–Kier alpha value is -7.14. The molecule has 262 valence electrons. The molecule has 0 fully saturated rings. The molecule has 3 heterocycles. The van der Waals surface area contributed by atoms with Gasteiger partial charge < -0.3 is 13.7 Å². The predicted molar refractivity (Wildman–Crippen MR) is 237 cm³/mol. The maximum Gasteiger partial charge on any atom is 0.159 e. The zero-order valence-corrected chi connectivity index (χ0v) is 30.9. The second-order valence-electron chi connectivity index (χ2n) is 14.4. The highest BCUT2D eigenvalue weighted by Gasteiger charge is 2.21. The van der Waals surface area contributed by atoms with E-state index in [1.165, 1.54) is 36.7 Å². The number of nitrogens with zero attached hydrogens (tertiary/aromatic N) is 1. The third kappa shape index (κ3) is 4.70. The molecule has 0 aliphatic carbocycles. The summed E-state index contributed by atoms with van der Waals surface area (Å²) in [5.41, 5.74) is 11.3. The molecular formula is C52H31NO2S. The third-order valence-corrected chi connectivity index (χ3v) is 12.4. The van der Waals surface area contributed by atoms with Gasteiger partial charge in [-0.05, 0) is 88.3 Å². The van der Waals surface area contributed by atoms with Crippen molar-refractivity contribution in [1.29, 1.82) is 0 Å². The van der Waals surface area contributed by atoms with Gasteiger partial charge in [0.25, 0.3) is 0 Å². The van der Waals surface area contributed by atoms with Gasteiger partial charge in [-0.3, -0.25) is 0 Å². The molecular weight excluding hydrogens is 703 g/mol. The quantitative estimate of drug-likeness (QED) is 0.176. The smallest absolute Gasteiger partial charge is 0.159 e. The van der Waals surface area contributed by atoms with Crippen molar-refractivity contribution >= 4 is 103 Å². The topological polar surface area (TPSA) is 29.5 Å². The Morgan fingerprint density at radius 2 is 0.946 bits per heavy atom. The standard InChI is InChI=1S/C52H31NO2S/c1-2-11-39-32(10-1)26-31-43-49-37(14-8-19-46(49)55-51(39)43)33-22-27-35(28-23-33)53(44-17-7-16-41-40-12-3-5-18-45(40)54-52(41)44)36-29-24-34(25-30-36)38-15-9-21-48-50(38)42-13-4-6-20-47(42)56-48/h1-31H. The second kappa shape index (κ2) is 12.2. The van der Waals surface area contributed by atoms with Gasteiger partial charge in [-0.1, -0.05) is 127 Å². The lowest BCUT2D eigenvalue weighted by molar-refractivity contribution is 0.669. The summed E-state index contributed by atoms with van der Waals surface area (Å²) in [5, 5.41) is 9.39. The average Bonchev–Trinajstić information content (AvgIpc) is 3.96. The molecule has 4 heteroatoms. The van der Waals surface area contributed by atoms with Crippen molar-refractivity contribution in [3.05, 3.63) is 188 Å². The van der Waals surface area contributed by atoms with Crippen LogP contribution in [0.2, 0.25) is 0 Å². The number of furan rings is 2. The first-order valence-corrected chi connectivity index (χ1v) is 19.7. The first kappa shape index (κ1) is 31.2. The van der Waals surface area contributed by atoms with Crippen LogP contribution in [0.5, 0.6) is 0 Å². The Morgan fingerprint density at radius 3 is 1.75 bits per heavy atom. The normalized spacial score (nSPS) is 11.9. The summed E-state index contributed by atoms with van der Waals surface area (Å²) in [6, 6.07) is 67.1. The van der Waals surface area contributed by atoms with Crippen LogP contribution in [-0.2, 0) is 0 Å². The average molecular weight is 734 g/mol. The van der Waals surface area contributed by atoms with Crippen molar-refractivity contribution in [2.45, 2.75) is 0 Å². The SMILES string of the molecule is c1ccc2c(c1)ccc1c2oc2cccc(-c3ccc(N(c4ccc(-c5cccc6sc7ccccc7c56)cc4)c4cccc5c4oc4ccccc45)cc3)c21. The highest BCUT2D eigenvalue weighted by atomic mass is 32.1. The minimum Gasteiger partial charge on any atom is -0.455 e. The van der Waals surface area contributed by atoms with Crippen molar-refractivity contribution in [3.8, 4) is 22.3 Å². The minimum absolute atomic E-state index is 0.859. The van der Waals surface area contributed by atoms with Crippen LogP contribution in [0.3, 0.4) is 0 Å². The number of rotatable bonds is 5. The van der Waals surface area contributed by atoms with Crippen LogP contribution in [0.15, 0.2) is 197 Å². The summed E-state index contributed by atoms with van der Waals surface area (Å²) < 4.78 is 15.8. The van der Waals surface area contributed by atoms with E-state index < -0.39 is 0 Å². The number of benzene rings is 9. The predicted octanol–water partition coefficient (Wildman–Crippen LogP) is 15.8. The lowest BCUT2D eigenvalue weighted by atomic mass is 9.97. The summed E-state index contributed by atoms with van der Waals surface area (Å²) >= 11 is 1.85. The van der Waals surface area contributed by atoms with E-state index in [9.17, 15) is 0 Å². The Kier molecular flexibility index (Phi) is 6.80. The van der Waals surface area contributed by atoms with Gasteiger partial charge in [-0.25, -0.2) is 0 Å². The lowest BCUT2D eigenvalue weighted by Gasteiger charge is -2.26. The summed E-state index contributed by atoms with van der Waals surface area (Å²) in [6.07, 6.45) is 0. The van der Waals surface area contributed by atoms with Crippen molar-refractivity contribution < 1.29 is 8.83 Å². The molecule has 0 unspecified atom stereocenters. The fourth-order valence-corrected chi connectivity index (χ4v) is 9.86. The summed E-state index contributed by atoms with van der Waals surface area (Å²) in [7, 11) is 0. The summed E-state index contributed by atoms with van der Waals surface area (Å²) in [5.74, 6) is 0. The molecule has 9 aromatic carbocycles. The van der Waals surface area contributed by atoms with Gasteiger partial charge in [0.05, 0.1) is 5.69 Å². The largest absolute Gasteiger partial charge is 0.455 e. The number of hydrogen-bond donors (Lipinski definition) is 0. The van der Waals surface area contributed by atoms with Crippen molar-refractivity contribution in [3.63, 3.8) is 0 Å². The molecule has 56 heavy (non-hydrogen) atoms. The molecule has 3 nitrogen and oxygen atoms in total. The monoisotopic (exact) mass is 733 g/mol. The van der Waals surface area contributed by atoms with Gasteiger partial charge in [0, 0.05) is 58.5 Å². The number of hydrogen-bond acceptors (Lipinski definition) is 4. The number of anilines is 3. The Bertz CT molecular complexity index is 3480. The molecule has 0 radical (unpaired) electrons. The van der Waals surface area contributed by atoms with Gasteiger partial charge in [-0.2, -0.15) is 0 Å². The molecule has 12 aromatic rings. The van der Waals surface area contributed by atoms with Crippen LogP contribution in [-0.4, -0.2) is 0 Å². The first-order chi connectivity index (χ1) is 27.8. The van der Waals surface area contributed by atoms with E-state index in [0.29, 0.717) is 0 Å². The van der Waals surface area contributed by atoms with Crippen molar-refractivity contribution in [1.82, 2.24) is 0 Å². The van der Waals surface area contributed by atoms with Gasteiger partial charge >= 0.3 is 0 Å². The van der Waals surface area contributed by atoms with Crippen molar-refractivity contribution in [2.24, 2.45) is 0 Å². The highest BCUT2D eigenvalue weighted by Crippen LogP contribution is 2.45. The number of fused-ring (bicyclic) bond motifs is 11. The molecule has 0 amide bonds. The molecule has 0 bridgehead atoms. The van der Waals surface area contributed by atoms with Gasteiger partial charge in [-0.15, -0.1) is 11.3 Å². The molecule has 3 aromatic heterocycles. The van der Waals surface area contributed by atoms with Crippen LogP contribution in [0.1, 0.15) is 0 Å². The van der Waals surface area contributed by atoms with E-state index in [2.05, 4.69) is 181 Å². The molecule has 0 N–H and O–H groups in total. The summed E-state index contributed by atoms with van der Waals surface area (Å²) in [6.45, 7) is 0.